The monoisotopic (exact) mass is 304 g/mol. The van der Waals surface area contributed by atoms with E-state index >= 15 is 0 Å². The first-order chi connectivity index (χ1) is 8.56. The normalized spacial score (nSPS) is 11.1. The lowest BCUT2D eigenvalue weighted by molar-refractivity contribution is 0.475. The number of benzene rings is 2. The number of hydrogen-bond donors (Lipinski definition) is 1. The highest BCUT2D eigenvalue weighted by Crippen LogP contribution is 2.29. The van der Waals surface area contributed by atoms with Crippen LogP contribution in [0.1, 0.15) is 11.1 Å². The van der Waals surface area contributed by atoms with Gasteiger partial charge in [0.2, 0.25) is 0 Å². The maximum absolute atomic E-state index is 9.18. The molecule has 2 rings (SSSR count). The van der Waals surface area contributed by atoms with Gasteiger partial charge >= 0.3 is 0 Å². The Labute approximate surface area is 114 Å². The summed E-state index contributed by atoms with van der Waals surface area (Å²) in [7, 11) is 0. The van der Waals surface area contributed by atoms with Crippen molar-refractivity contribution >= 4 is 27.3 Å². The van der Waals surface area contributed by atoms with Crippen LogP contribution in [0.15, 0.2) is 51.1 Å². The zero-order chi connectivity index (χ0) is 13.1. The van der Waals surface area contributed by atoms with Crippen molar-refractivity contribution in [2.45, 2.75) is 13.8 Å². The van der Waals surface area contributed by atoms with Crippen LogP contribution in [0.4, 0.5) is 11.4 Å². The van der Waals surface area contributed by atoms with E-state index in [4.69, 9.17) is 0 Å². The molecule has 2 aromatic carbocycles. The van der Waals surface area contributed by atoms with Gasteiger partial charge in [-0.15, -0.1) is 0 Å². The molecular weight excluding hydrogens is 292 g/mol. The molecule has 0 spiro atoms. The molecule has 4 heteroatoms. The molecule has 0 aromatic heterocycles. The molecule has 0 radical (unpaired) electrons. The average Bonchev–Trinajstić information content (AvgIpc) is 2.30. The molecule has 0 fully saturated rings. The van der Waals surface area contributed by atoms with Gasteiger partial charge in [0, 0.05) is 4.47 Å². The highest BCUT2D eigenvalue weighted by Gasteiger charge is 2.03. The van der Waals surface area contributed by atoms with Gasteiger partial charge in [0.1, 0.15) is 5.75 Å². The van der Waals surface area contributed by atoms with Gasteiger partial charge < -0.3 is 5.11 Å². The summed E-state index contributed by atoms with van der Waals surface area (Å²) in [6, 6.07) is 10.7. The third-order valence-corrected chi connectivity index (χ3v) is 3.03. The lowest BCUT2D eigenvalue weighted by Gasteiger charge is -2.04. The number of aromatic hydroxyl groups is 1. The summed E-state index contributed by atoms with van der Waals surface area (Å²) in [5, 5.41) is 17.6. The molecule has 3 nitrogen and oxygen atoms in total. The van der Waals surface area contributed by atoms with Crippen molar-refractivity contribution in [3.05, 3.63) is 52.0 Å². The average molecular weight is 305 g/mol. The second-order valence-corrected chi connectivity index (χ2v) is 5.02. The predicted molar refractivity (Wildman–Crippen MR) is 75.9 cm³/mol. The van der Waals surface area contributed by atoms with Gasteiger partial charge in [-0.2, -0.15) is 10.2 Å². The van der Waals surface area contributed by atoms with Crippen molar-refractivity contribution in [1.29, 1.82) is 0 Å². The number of nitrogens with zero attached hydrogens (tertiary/aromatic N) is 2. The summed E-state index contributed by atoms with van der Waals surface area (Å²) in [5.41, 5.74) is 3.75. The van der Waals surface area contributed by atoms with Crippen LogP contribution in [-0.2, 0) is 0 Å². The van der Waals surface area contributed by atoms with Gasteiger partial charge in [0.15, 0.2) is 0 Å². The number of halogens is 1. The smallest absolute Gasteiger partial charge is 0.115 e. The molecule has 18 heavy (non-hydrogen) atoms. The summed E-state index contributed by atoms with van der Waals surface area (Å²) < 4.78 is 1.04. The maximum Gasteiger partial charge on any atom is 0.115 e. The Morgan fingerprint density at radius 3 is 2.06 bits per heavy atom. The minimum atomic E-state index is 0.227. The molecular formula is C14H13BrN2O. The van der Waals surface area contributed by atoms with E-state index in [2.05, 4.69) is 26.2 Å². The number of azo groups is 1. The minimum Gasteiger partial charge on any atom is -0.508 e. The van der Waals surface area contributed by atoms with Crippen LogP contribution < -0.4 is 0 Å². The molecule has 0 aliphatic carbocycles. The Balaban J connectivity index is 2.31. The van der Waals surface area contributed by atoms with Crippen LogP contribution in [-0.4, -0.2) is 5.11 Å². The summed E-state index contributed by atoms with van der Waals surface area (Å²) in [6.45, 7) is 4.01. The van der Waals surface area contributed by atoms with E-state index in [1.54, 1.807) is 24.3 Å². The molecule has 0 atom stereocenters. The SMILES string of the molecule is Cc1cc(Br)cc(C)c1N=Nc1ccc(O)cc1. The Kier molecular flexibility index (Phi) is 3.77. The fraction of sp³-hybridized carbons (Fsp3) is 0.143. The van der Waals surface area contributed by atoms with Crippen molar-refractivity contribution in [3.63, 3.8) is 0 Å². The van der Waals surface area contributed by atoms with Crippen molar-refractivity contribution < 1.29 is 5.11 Å². The number of hydrogen-bond acceptors (Lipinski definition) is 3. The summed E-state index contributed by atoms with van der Waals surface area (Å²) in [5.74, 6) is 0.227. The Bertz CT molecular complexity index is 568. The minimum absolute atomic E-state index is 0.227. The fourth-order valence-electron chi connectivity index (χ4n) is 1.69. The molecule has 0 unspecified atom stereocenters. The first kappa shape index (κ1) is 12.8. The molecule has 0 saturated carbocycles. The zero-order valence-electron chi connectivity index (χ0n) is 10.2. The fourth-order valence-corrected chi connectivity index (χ4v) is 2.37. The van der Waals surface area contributed by atoms with Crippen molar-refractivity contribution in [1.82, 2.24) is 0 Å². The van der Waals surface area contributed by atoms with E-state index in [1.165, 1.54) is 0 Å². The van der Waals surface area contributed by atoms with E-state index in [9.17, 15) is 5.11 Å². The highest BCUT2D eigenvalue weighted by molar-refractivity contribution is 9.10. The molecule has 1 N–H and O–H groups in total. The molecule has 0 saturated heterocycles. The molecule has 92 valence electrons. The molecule has 2 aromatic rings. The summed E-state index contributed by atoms with van der Waals surface area (Å²) in [4.78, 5) is 0. The van der Waals surface area contributed by atoms with Crippen molar-refractivity contribution in [2.24, 2.45) is 10.2 Å². The van der Waals surface area contributed by atoms with E-state index in [1.807, 2.05) is 26.0 Å². The number of rotatable bonds is 2. The van der Waals surface area contributed by atoms with E-state index in [-0.39, 0.29) is 5.75 Å². The predicted octanol–water partition coefficient (Wildman–Crippen LogP) is 5.19. The van der Waals surface area contributed by atoms with Gasteiger partial charge in [0.25, 0.3) is 0 Å². The quantitative estimate of drug-likeness (QED) is 0.763. The Hall–Kier alpha value is -1.68. The summed E-state index contributed by atoms with van der Waals surface area (Å²) >= 11 is 3.45. The van der Waals surface area contributed by atoms with Crippen molar-refractivity contribution in [3.8, 4) is 5.75 Å². The van der Waals surface area contributed by atoms with Gasteiger partial charge in [-0.3, -0.25) is 0 Å². The number of phenols is 1. The van der Waals surface area contributed by atoms with Crippen LogP contribution in [0.25, 0.3) is 0 Å². The third kappa shape index (κ3) is 2.96. The van der Waals surface area contributed by atoms with Crippen LogP contribution in [0.3, 0.4) is 0 Å². The first-order valence-electron chi connectivity index (χ1n) is 5.54. The standard InChI is InChI=1S/C14H13BrN2O/c1-9-7-11(15)8-10(2)14(9)17-16-12-3-5-13(18)6-4-12/h3-8,18H,1-2H3. The Morgan fingerprint density at radius 1 is 0.944 bits per heavy atom. The van der Waals surface area contributed by atoms with E-state index < -0.39 is 0 Å². The van der Waals surface area contributed by atoms with Crippen LogP contribution in [0.2, 0.25) is 0 Å². The number of phenolic OH excluding ortho intramolecular Hbond substituents is 1. The Morgan fingerprint density at radius 2 is 1.50 bits per heavy atom. The molecule has 0 aliphatic heterocycles. The van der Waals surface area contributed by atoms with E-state index in [0.29, 0.717) is 0 Å². The first-order valence-corrected chi connectivity index (χ1v) is 6.33. The second-order valence-electron chi connectivity index (χ2n) is 4.10. The molecule has 0 heterocycles. The van der Waals surface area contributed by atoms with Gasteiger partial charge in [-0.1, -0.05) is 15.9 Å². The summed E-state index contributed by atoms with van der Waals surface area (Å²) in [6.07, 6.45) is 0. The van der Waals surface area contributed by atoms with Crippen LogP contribution >= 0.6 is 15.9 Å². The topological polar surface area (TPSA) is 45.0 Å². The number of aryl methyl sites for hydroxylation is 2. The zero-order valence-corrected chi connectivity index (χ0v) is 11.8. The van der Waals surface area contributed by atoms with Crippen LogP contribution in [0.5, 0.6) is 5.75 Å². The van der Waals surface area contributed by atoms with Crippen molar-refractivity contribution in [2.75, 3.05) is 0 Å². The third-order valence-electron chi connectivity index (χ3n) is 2.57. The van der Waals surface area contributed by atoms with E-state index in [0.717, 1.165) is 27.0 Å². The largest absolute Gasteiger partial charge is 0.508 e. The lowest BCUT2D eigenvalue weighted by Crippen LogP contribution is -1.80. The van der Waals surface area contributed by atoms with Gasteiger partial charge in [-0.05, 0) is 61.4 Å². The highest BCUT2D eigenvalue weighted by atomic mass is 79.9. The maximum atomic E-state index is 9.18. The molecule has 0 aliphatic rings. The van der Waals surface area contributed by atoms with Gasteiger partial charge in [-0.25, -0.2) is 0 Å². The van der Waals surface area contributed by atoms with Gasteiger partial charge in [0.05, 0.1) is 11.4 Å². The molecule has 0 bridgehead atoms. The second kappa shape index (κ2) is 5.31. The lowest BCUT2D eigenvalue weighted by atomic mass is 10.1. The molecule has 0 amide bonds. The van der Waals surface area contributed by atoms with Crippen LogP contribution in [0, 0.1) is 13.8 Å².